The molecule has 0 radical (unpaired) electrons. The minimum absolute atomic E-state index is 0.338. The summed E-state index contributed by atoms with van der Waals surface area (Å²) in [4.78, 5) is 46.2. The Morgan fingerprint density at radius 1 is 0.800 bits per heavy atom. The van der Waals surface area contributed by atoms with Crippen LogP contribution in [-0.2, 0) is 42.9 Å². The molecule has 30 heavy (non-hydrogen) atoms. The molecule has 0 aromatic carbocycles. The van der Waals surface area contributed by atoms with Crippen LogP contribution in [0.4, 0.5) is 0 Å². The number of carbonyl (C=O) groups excluding carboxylic acids is 4. The highest BCUT2D eigenvalue weighted by atomic mass is 35.6. The second kappa shape index (κ2) is 11.1. The van der Waals surface area contributed by atoms with Gasteiger partial charge in [-0.05, 0) is 0 Å². The van der Waals surface area contributed by atoms with Gasteiger partial charge in [0.15, 0.2) is 18.3 Å². The first-order valence-electron chi connectivity index (χ1n) is 8.67. The Balaban J connectivity index is 3.37. The molecule has 0 spiro atoms. The molecule has 1 aliphatic heterocycles. The number of halogens is 3. The second-order valence-electron chi connectivity index (χ2n) is 6.42. The summed E-state index contributed by atoms with van der Waals surface area (Å²) in [5.74, 6) is -2.91. The van der Waals surface area contributed by atoms with E-state index < -0.39 is 63.9 Å². The third-order valence-corrected chi connectivity index (χ3v) is 4.52. The molecule has 0 amide bonds. The number of rotatable bonds is 7. The van der Waals surface area contributed by atoms with Gasteiger partial charge in [-0.2, -0.15) is 0 Å². The van der Waals surface area contributed by atoms with Gasteiger partial charge in [-0.1, -0.05) is 34.8 Å². The van der Waals surface area contributed by atoms with Crippen molar-refractivity contribution in [3.63, 3.8) is 0 Å². The largest absolute Gasteiger partial charge is 0.463 e. The Hall–Kier alpha value is -1.62. The third kappa shape index (κ3) is 8.25. The summed E-state index contributed by atoms with van der Waals surface area (Å²) in [5, 5.41) is 7.96. The zero-order valence-corrected chi connectivity index (χ0v) is 18.9. The number of ether oxygens (including phenoxy) is 5. The second-order valence-corrected chi connectivity index (χ2v) is 8.70. The van der Waals surface area contributed by atoms with Crippen LogP contribution in [0, 0.1) is 5.41 Å². The van der Waals surface area contributed by atoms with Gasteiger partial charge in [0.05, 0.1) is 5.71 Å². The first-order valence-corrected chi connectivity index (χ1v) is 9.80. The molecule has 13 heteroatoms. The fraction of sp³-hybridized carbons (Fsp3) is 0.706. The summed E-state index contributed by atoms with van der Waals surface area (Å²) in [6.45, 7) is 4.10. The van der Waals surface area contributed by atoms with E-state index in [0.717, 1.165) is 27.7 Å². The van der Waals surface area contributed by atoms with E-state index in [1.165, 1.54) is 0 Å². The van der Waals surface area contributed by atoms with Gasteiger partial charge in [-0.25, -0.2) is 0 Å². The SMILES string of the molecule is CC(=O)OCC1O[C@H](CC(=N)C(Cl)(Cl)Cl)C(OC(C)=O)C(OC(C)=O)[C@H]1OC(C)=O. The summed E-state index contributed by atoms with van der Waals surface area (Å²) in [6.07, 6.45) is -6.53. The summed E-state index contributed by atoms with van der Waals surface area (Å²) in [5.41, 5.74) is -0.395. The maximum absolute atomic E-state index is 11.7. The van der Waals surface area contributed by atoms with E-state index in [2.05, 4.69) is 0 Å². The van der Waals surface area contributed by atoms with Gasteiger partial charge in [0.1, 0.15) is 18.8 Å². The zero-order chi connectivity index (χ0) is 23.2. The van der Waals surface area contributed by atoms with Crippen molar-refractivity contribution in [3.8, 4) is 0 Å². The van der Waals surface area contributed by atoms with Crippen molar-refractivity contribution in [1.82, 2.24) is 0 Å². The number of nitrogens with one attached hydrogen (secondary N) is 1. The van der Waals surface area contributed by atoms with Crippen LogP contribution in [-0.4, -0.2) is 70.5 Å². The van der Waals surface area contributed by atoms with Crippen molar-refractivity contribution in [2.75, 3.05) is 6.61 Å². The van der Waals surface area contributed by atoms with Crippen molar-refractivity contribution in [1.29, 1.82) is 5.41 Å². The Morgan fingerprint density at radius 2 is 1.23 bits per heavy atom. The molecule has 10 nitrogen and oxygen atoms in total. The van der Waals surface area contributed by atoms with Crippen molar-refractivity contribution in [2.45, 2.75) is 68.4 Å². The molecule has 1 N–H and O–H groups in total. The fourth-order valence-electron chi connectivity index (χ4n) is 2.80. The lowest BCUT2D eigenvalue weighted by Gasteiger charge is -2.44. The number of alkyl halides is 3. The third-order valence-electron chi connectivity index (χ3n) is 3.83. The smallest absolute Gasteiger partial charge is 0.303 e. The predicted molar refractivity (Wildman–Crippen MR) is 105 cm³/mol. The topological polar surface area (TPSA) is 138 Å². The Bertz CT molecular complexity index is 694. The molecule has 1 aliphatic rings. The maximum Gasteiger partial charge on any atom is 0.303 e. The van der Waals surface area contributed by atoms with Gasteiger partial charge < -0.3 is 29.1 Å². The van der Waals surface area contributed by atoms with E-state index in [1.54, 1.807) is 0 Å². The van der Waals surface area contributed by atoms with Gasteiger partial charge in [-0.3, -0.25) is 19.2 Å². The minimum Gasteiger partial charge on any atom is -0.463 e. The first kappa shape index (κ1) is 26.4. The molecule has 0 aromatic heterocycles. The molecule has 1 fully saturated rings. The molecule has 1 rings (SSSR count). The molecule has 170 valence electrons. The molecular weight excluding hydrogens is 469 g/mol. The lowest BCUT2D eigenvalue weighted by Crippen LogP contribution is -2.62. The monoisotopic (exact) mass is 489 g/mol. The number of esters is 4. The van der Waals surface area contributed by atoms with E-state index in [0.29, 0.717) is 0 Å². The molecular formula is C17H22Cl3NO9. The normalized spacial score (nSPS) is 26.3. The van der Waals surface area contributed by atoms with E-state index in [4.69, 9.17) is 63.9 Å². The van der Waals surface area contributed by atoms with Crippen molar-refractivity contribution >= 4 is 64.4 Å². The first-order chi connectivity index (χ1) is 13.7. The molecule has 1 heterocycles. The van der Waals surface area contributed by atoms with E-state index in [-0.39, 0.29) is 13.0 Å². The standard InChI is InChI=1S/C17H22Cl3NO9/c1-7(22)26-6-12-15(28-9(3)24)16(29-10(4)25)14(27-8(2)23)11(30-12)5-13(21)17(18,19)20/h11-12,14-16,21H,5-6H2,1-4H3/t11-,12?,14?,15+,16?/m1/s1. The quantitative estimate of drug-likeness (QED) is 0.245. The van der Waals surface area contributed by atoms with E-state index in [1.807, 2.05) is 0 Å². The molecule has 0 saturated carbocycles. The summed E-state index contributed by atoms with van der Waals surface area (Å²) >= 11 is 17.2. The van der Waals surface area contributed by atoms with Gasteiger partial charge in [0.2, 0.25) is 3.79 Å². The fourth-order valence-corrected chi connectivity index (χ4v) is 3.03. The Morgan fingerprint density at radius 3 is 1.63 bits per heavy atom. The molecule has 5 atom stereocenters. The van der Waals surface area contributed by atoms with Crippen molar-refractivity contribution < 1.29 is 42.9 Å². The van der Waals surface area contributed by atoms with Crippen molar-refractivity contribution in [2.24, 2.45) is 0 Å². The van der Waals surface area contributed by atoms with Crippen LogP contribution < -0.4 is 0 Å². The van der Waals surface area contributed by atoms with Crippen LogP contribution in [0.5, 0.6) is 0 Å². The number of hydrogen-bond acceptors (Lipinski definition) is 10. The highest BCUT2D eigenvalue weighted by Crippen LogP contribution is 2.35. The molecule has 0 bridgehead atoms. The number of hydrogen-bond donors (Lipinski definition) is 1. The minimum atomic E-state index is -2.07. The maximum atomic E-state index is 11.7. The zero-order valence-electron chi connectivity index (χ0n) is 16.6. The summed E-state index contributed by atoms with van der Waals surface area (Å²) in [7, 11) is 0. The predicted octanol–water partition coefficient (Wildman–Crippen LogP) is 1.89. The average Bonchev–Trinajstić information content (AvgIpc) is 2.56. The van der Waals surface area contributed by atoms with E-state index in [9.17, 15) is 19.2 Å². The number of carbonyl (C=O) groups is 4. The van der Waals surface area contributed by atoms with Crippen molar-refractivity contribution in [3.05, 3.63) is 0 Å². The highest BCUT2D eigenvalue weighted by molar-refractivity contribution is 6.76. The van der Waals surface area contributed by atoms with Crippen LogP contribution in [0.25, 0.3) is 0 Å². The average molecular weight is 491 g/mol. The van der Waals surface area contributed by atoms with Gasteiger partial charge >= 0.3 is 23.9 Å². The van der Waals surface area contributed by atoms with Gasteiger partial charge in [0, 0.05) is 34.1 Å². The van der Waals surface area contributed by atoms with Crippen LogP contribution in [0.1, 0.15) is 34.1 Å². The van der Waals surface area contributed by atoms with Crippen LogP contribution in [0.3, 0.4) is 0 Å². The van der Waals surface area contributed by atoms with E-state index >= 15 is 0 Å². The summed E-state index contributed by atoms with van der Waals surface area (Å²) < 4.78 is 24.4. The lowest BCUT2D eigenvalue weighted by molar-refractivity contribution is -0.251. The van der Waals surface area contributed by atoms with Gasteiger partial charge in [-0.15, -0.1) is 0 Å². The summed E-state index contributed by atoms with van der Waals surface area (Å²) in [6, 6.07) is 0. The van der Waals surface area contributed by atoms with Crippen LogP contribution >= 0.6 is 34.8 Å². The molecule has 0 aromatic rings. The highest BCUT2D eigenvalue weighted by Gasteiger charge is 2.52. The molecule has 3 unspecified atom stereocenters. The van der Waals surface area contributed by atoms with Crippen LogP contribution in [0.2, 0.25) is 0 Å². The van der Waals surface area contributed by atoms with Gasteiger partial charge in [0.25, 0.3) is 0 Å². The molecule has 1 saturated heterocycles. The molecule has 0 aliphatic carbocycles. The van der Waals surface area contributed by atoms with Crippen LogP contribution in [0.15, 0.2) is 0 Å². The Labute approximate surface area is 187 Å². The lowest BCUT2D eigenvalue weighted by atomic mass is 9.91. The Kier molecular flexibility index (Phi) is 9.80.